The van der Waals surface area contributed by atoms with Gasteiger partial charge in [-0.2, -0.15) is 4.31 Å². The van der Waals surface area contributed by atoms with Crippen LogP contribution in [0, 0.1) is 0 Å². The standard InChI is InChI=1S/C13H14BrNO4S/c1-15(9-11-5-8-13(14)19-11)20(16,17)12-6-3-10(18-2)4-7-12/h3-8H,9H2,1-2H3. The lowest BCUT2D eigenvalue weighted by Gasteiger charge is -2.16. The van der Waals surface area contributed by atoms with Crippen molar-refractivity contribution in [2.45, 2.75) is 11.4 Å². The van der Waals surface area contributed by atoms with E-state index >= 15 is 0 Å². The van der Waals surface area contributed by atoms with E-state index in [1.165, 1.54) is 30.6 Å². The fourth-order valence-electron chi connectivity index (χ4n) is 1.67. The van der Waals surface area contributed by atoms with Crippen molar-refractivity contribution in [2.24, 2.45) is 0 Å². The third-order valence-electron chi connectivity index (χ3n) is 2.77. The molecule has 0 radical (unpaired) electrons. The summed E-state index contributed by atoms with van der Waals surface area (Å²) in [6.07, 6.45) is 0. The molecule has 5 nitrogen and oxygen atoms in total. The smallest absolute Gasteiger partial charge is 0.243 e. The van der Waals surface area contributed by atoms with Gasteiger partial charge in [0, 0.05) is 7.05 Å². The first kappa shape index (κ1) is 15.1. The molecule has 0 aliphatic rings. The second-order valence-electron chi connectivity index (χ2n) is 4.14. The van der Waals surface area contributed by atoms with Crippen molar-refractivity contribution in [1.29, 1.82) is 0 Å². The molecule has 1 aromatic carbocycles. The molecule has 20 heavy (non-hydrogen) atoms. The minimum Gasteiger partial charge on any atom is -0.497 e. The summed E-state index contributed by atoms with van der Waals surface area (Å²) in [4.78, 5) is 0.214. The largest absolute Gasteiger partial charge is 0.497 e. The molecule has 0 aliphatic heterocycles. The predicted molar refractivity (Wildman–Crippen MR) is 78.1 cm³/mol. The molecule has 0 bridgehead atoms. The van der Waals surface area contributed by atoms with Gasteiger partial charge >= 0.3 is 0 Å². The molecule has 2 rings (SSSR count). The highest BCUT2D eigenvalue weighted by Crippen LogP contribution is 2.21. The first-order valence-electron chi connectivity index (χ1n) is 5.78. The van der Waals surface area contributed by atoms with E-state index in [-0.39, 0.29) is 11.4 Å². The number of nitrogens with zero attached hydrogens (tertiary/aromatic N) is 1. The monoisotopic (exact) mass is 359 g/mol. The molecule has 0 fully saturated rings. The van der Waals surface area contributed by atoms with E-state index in [0.29, 0.717) is 16.2 Å². The molecule has 0 spiro atoms. The maximum atomic E-state index is 12.4. The van der Waals surface area contributed by atoms with Crippen molar-refractivity contribution in [3.63, 3.8) is 0 Å². The van der Waals surface area contributed by atoms with Crippen LogP contribution in [0.5, 0.6) is 5.75 Å². The zero-order valence-corrected chi connectivity index (χ0v) is 13.4. The predicted octanol–water partition coefficient (Wildman–Crippen LogP) is 2.87. The van der Waals surface area contributed by atoms with Gasteiger partial charge in [0.05, 0.1) is 18.6 Å². The molecule has 0 N–H and O–H groups in total. The quantitative estimate of drug-likeness (QED) is 0.823. The lowest BCUT2D eigenvalue weighted by Crippen LogP contribution is -2.26. The summed E-state index contributed by atoms with van der Waals surface area (Å²) in [5, 5.41) is 0. The van der Waals surface area contributed by atoms with Crippen molar-refractivity contribution >= 4 is 26.0 Å². The number of hydrogen-bond donors (Lipinski definition) is 0. The number of methoxy groups -OCH3 is 1. The Hall–Kier alpha value is -1.31. The molecule has 7 heteroatoms. The summed E-state index contributed by atoms with van der Waals surface area (Å²) in [5.74, 6) is 1.18. The van der Waals surface area contributed by atoms with E-state index in [4.69, 9.17) is 9.15 Å². The highest BCUT2D eigenvalue weighted by molar-refractivity contribution is 9.10. The second kappa shape index (κ2) is 5.99. The summed E-state index contributed by atoms with van der Waals surface area (Å²) in [7, 11) is -0.508. The Bertz CT molecular complexity index is 679. The summed E-state index contributed by atoms with van der Waals surface area (Å²) < 4.78 is 36.9. The van der Waals surface area contributed by atoms with Crippen LogP contribution in [0.25, 0.3) is 0 Å². The van der Waals surface area contributed by atoms with Crippen LogP contribution in [-0.2, 0) is 16.6 Å². The molecular weight excluding hydrogens is 346 g/mol. The summed E-state index contributed by atoms with van der Waals surface area (Å²) in [6.45, 7) is 0.167. The van der Waals surface area contributed by atoms with Gasteiger partial charge in [-0.05, 0) is 52.3 Å². The van der Waals surface area contributed by atoms with Gasteiger partial charge in [-0.25, -0.2) is 8.42 Å². The number of ether oxygens (including phenoxy) is 1. The maximum absolute atomic E-state index is 12.4. The molecule has 0 saturated carbocycles. The van der Waals surface area contributed by atoms with E-state index in [1.807, 2.05) is 0 Å². The Labute approximate surface area is 126 Å². The Morgan fingerprint density at radius 1 is 1.20 bits per heavy atom. The van der Waals surface area contributed by atoms with E-state index in [2.05, 4.69) is 15.9 Å². The molecule has 0 atom stereocenters. The lowest BCUT2D eigenvalue weighted by molar-refractivity contribution is 0.398. The number of rotatable bonds is 5. The topological polar surface area (TPSA) is 59.8 Å². The number of furan rings is 1. The fraction of sp³-hybridized carbons (Fsp3) is 0.231. The molecule has 2 aromatic rings. The fourth-order valence-corrected chi connectivity index (χ4v) is 3.15. The van der Waals surface area contributed by atoms with Crippen molar-refractivity contribution in [3.8, 4) is 5.75 Å². The van der Waals surface area contributed by atoms with E-state index < -0.39 is 10.0 Å². The Morgan fingerprint density at radius 3 is 2.35 bits per heavy atom. The van der Waals surface area contributed by atoms with E-state index in [1.54, 1.807) is 24.3 Å². The Morgan fingerprint density at radius 2 is 1.85 bits per heavy atom. The first-order valence-corrected chi connectivity index (χ1v) is 8.01. The van der Waals surface area contributed by atoms with Crippen LogP contribution < -0.4 is 4.74 Å². The zero-order chi connectivity index (χ0) is 14.8. The third kappa shape index (κ3) is 3.23. The van der Waals surface area contributed by atoms with Crippen molar-refractivity contribution in [2.75, 3.05) is 14.2 Å². The number of halogens is 1. The van der Waals surface area contributed by atoms with Gasteiger partial charge in [0.2, 0.25) is 10.0 Å². The van der Waals surface area contributed by atoms with Gasteiger partial charge in [-0.1, -0.05) is 0 Å². The van der Waals surface area contributed by atoms with Gasteiger partial charge in [0.1, 0.15) is 11.5 Å². The molecule has 108 valence electrons. The van der Waals surface area contributed by atoms with Crippen molar-refractivity contribution in [3.05, 3.63) is 46.8 Å². The Balaban J connectivity index is 2.19. The van der Waals surface area contributed by atoms with Crippen LogP contribution in [0.3, 0.4) is 0 Å². The number of sulfonamides is 1. The molecule has 1 heterocycles. The van der Waals surface area contributed by atoms with Crippen LogP contribution in [-0.4, -0.2) is 26.9 Å². The lowest BCUT2D eigenvalue weighted by atomic mass is 10.3. The molecule has 0 aliphatic carbocycles. The van der Waals surface area contributed by atoms with E-state index in [0.717, 1.165) is 0 Å². The molecular formula is C13H14BrNO4S. The van der Waals surface area contributed by atoms with Gasteiger partial charge in [0.25, 0.3) is 0 Å². The number of benzene rings is 1. The van der Waals surface area contributed by atoms with Crippen LogP contribution in [0.15, 0.2) is 50.4 Å². The van der Waals surface area contributed by atoms with Gasteiger partial charge in [-0.15, -0.1) is 0 Å². The molecule has 0 unspecified atom stereocenters. The normalized spacial score (nSPS) is 11.8. The molecule has 0 saturated heterocycles. The van der Waals surface area contributed by atoms with E-state index in [9.17, 15) is 8.42 Å². The first-order chi connectivity index (χ1) is 9.43. The third-order valence-corrected chi connectivity index (χ3v) is 5.02. The average molecular weight is 360 g/mol. The Kier molecular flexibility index (Phi) is 4.52. The van der Waals surface area contributed by atoms with Crippen LogP contribution >= 0.6 is 15.9 Å². The van der Waals surface area contributed by atoms with Gasteiger partial charge in [-0.3, -0.25) is 0 Å². The summed E-state index contributed by atoms with van der Waals surface area (Å²) in [5.41, 5.74) is 0. The summed E-state index contributed by atoms with van der Waals surface area (Å²) in [6, 6.07) is 9.72. The number of hydrogen-bond acceptors (Lipinski definition) is 4. The SMILES string of the molecule is COc1ccc(S(=O)(=O)N(C)Cc2ccc(Br)o2)cc1. The highest BCUT2D eigenvalue weighted by Gasteiger charge is 2.21. The van der Waals surface area contributed by atoms with Gasteiger partial charge in [0.15, 0.2) is 4.67 Å². The van der Waals surface area contributed by atoms with Crippen LogP contribution in [0.1, 0.15) is 5.76 Å². The molecule has 1 aromatic heterocycles. The highest BCUT2D eigenvalue weighted by atomic mass is 79.9. The van der Waals surface area contributed by atoms with Crippen LogP contribution in [0.4, 0.5) is 0 Å². The van der Waals surface area contributed by atoms with Crippen LogP contribution in [0.2, 0.25) is 0 Å². The maximum Gasteiger partial charge on any atom is 0.243 e. The zero-order valence-electron chi connectivity index (χ0n) is 11.0. The summed E-state index contributed by atoms with van der Waals surface area (Å²) >= 11 is 3.18. The average Bonchev–Trinajstić information content (AvgIpc) is 2.84. The minimum absolute atomic E-state index is 0.167. The van der Waals surface area contributed by atoms with Crippen molar-refractivity contribution in [1.82, 2.24) is 4.31 Å². The minimum atomic E-state index is -3.55. The van der Waals surface area contributed by atoms with Gasteiger partial charge < -0.3 is 9.15 Å². The van der Waals surface area contributed by atoms with Crippen molar-refractivity contribution < 1.29 is 17.6 Å². The molecule has 0 amide bonds. The second-order valence-corrected chi connectivity index (χ2v) is 6.97.